The smallest absolute Gasteiger partial charge is 0.339 e. The van der Waals surface area contributed by atoms with Crippen LogP contribution >= 0.6 is 0 Å². The van der Waals surface area contributed by atoms with E-state index in [1.54, 1.807) is 0 Å². The maximum absolute atomic E-state index is 11.4. The molecule has 2 nitrogen and oxygen atoms in total. The molecule has 13 heavy (non-hydrogen) atoms. The van der Waals surface area contributed by atoms with E-state index >= 15 is 0 Å². The lowest BCUT2D eigenvalue weighted by atomic mass is 9.93. The van der Waals surface area contributed by atoms with Crippen molar-refractivity contribution in [1.82, 2.24) is 0 Å². The zero-order valence-corrected chi connectivity index (χ0v) is 7.62. The Morgan fingerprint density at radius 1 is 1.54 bits per heavy atom. The molecule has 0 amide bonds. The van der Waals surface area contributed by atoms with Crippen molar-refractivity contribution in [3.8, 4) is 0 Å². The fourth-order valence-corrected chi connectivity index (χ4v) is 1.74. The van der Waals surface area contributed by atoms with Crippen LogP contribution in [0.5, 0.6) is 0 Å². The lowest BCUT2D eigenvalue weighted by Crippen LogP contribution is -2.19. The summed E-state index contributed by atoms with van der Waals surface area (Å²) in [6, 6.07) is 0. The highest BCUT2D eigenvalue weighted by Crippen LogP contribution is 2.28. The van der Waals surface area contributed by atoms with Crippen molar-refractivity contribution in [2.75, 3.05) is 0 Å². The molecular weight excluding hydrogens is 164 g/mol. The topological polar surface area (TPSA) is 26.3 Å². The first-order chi connectivity index (χ1) is 6.27. The number of cyclic esters (lactones) is 1. The van der Waals surface area contributed by atoms with Gasteiger partial charge in [0.1, 0.15) is 5.76 Å². The summed E-state index contributed by atoms with van der Waals surface area (Å²) in [5.41, 5.74) is 0.791. The molecule has 0 fully saturated rings. The minimum Gasteiger partial charge on any atom is -0.428 e. The summed E-state index contributed by atoms with van der Waals surface area (Å²) in [5.74, 6) is 0.807. The number of ether oxygens (including phenoxy) is 1. The van der Waals surface area contributed by atoms with Crippen LogP contribution in [0.3, 0.4) is 0 Å². The lowest BCUT2D eigenvalue weighted by molar-refractivity contribution is -0.136. The average molecular weight is 176 g/mol. The summed E-state index contributed by atoms with van der Waals surface area (Å²) >= 11 is 0. The van der Waals surface area contributed by atoms with Gasteiger partial charge in [0, 0.05) is 11.5 Å². The molecule has 0 aromatic carbocycles. The van der Waals surface area contributed by atoms with E-state index in [4.69, 9.17) is 4.74 Å². The van der Waals surface area contributed by atoms with Gasteiger partial charge < -0.3 is 4.74 Å². The minimum absolute atomic E-state index is 0.184. The largest absolute Gasteiger partial charge is 0.428 e. The Labute approximate surface area is 77.6 Å². The molecule has 0 N–H and O–H groups in total. The van der Waals surface area contributed by atoms with Gasteiger partial charge in [0.2, 0.25) is 0 Å². The van der Waals surface area contributed by atoms with Crippen molar-refractivity contribution in [2.45, 2.75) is 19.8 Å². The standard InChI is InChI=1S/C11H12O2/c1-8-7-9-5-3-2-4-6-10(9)11(12)13-8/h2,4,6-7,9H,3,5H2,1H3. The second-order valence-corrected chi connectivity index (χ2v) is 3.40. The molecule has 0 saturated heterocycles. The summed E-state index contributed by atoms with van der Waals surface area (Å²) in [7, 11) is 0. The minimum atomic E-state index is -0.184. The van der Waals surface area contributed by atoms with Gasteiger partial charge in [-0.05, 0) is 25.8 Å². The van der Waals surface area contributed by atoms with Crippen LogP contribution in [0.1, 0.15) is 19.8 Å². The number of carbonyl (C=O) groups is 1. The summed E-state index contributed by atoms with van der Waals surface area (Å²) in [6.45, 7) is 1.83. The van der Waals surface area contributed by atoms with Gasteiger partial charge >= 0.3 is 5.97 Å². The van der Waals surface area contributed by atoms with Gasteiger partial charge in [-0.1, -0.05) is 18.2 Å². The Kier molecular flexibility index (Phi) is 2.05. The van der Waals surface area contributed by atoms with E-state index in [2.05, 4.69) is 6.08 Å². The maximum atomic E-state index is 11.4. The molecule has 0 aromatic rings. The number of fused-ring (bicyclic) bond motifs is 1. The van der Waals surface area contributed by atoms with Crippen molar-refractivity contribution >= 4 is 5.97 Å². The highest BCUT2D eigenvalue weighted by molar-refractivity contribution is 5.91. The fourth-order valence-electron chi connectivity index (χ4n) is 1.74. The third-order valence-corrected chi connectivity index (χ3v) is 2.38. The molecule has 0 aromatic heterocycles. The Balaban J connectivity index is 2.35. The van der Waals surface area contributed by atoms with E-state index in [0.717, 1.165) is 24.2 Å². The van der Waals surface area contributed by atoms with Gasteiger partial charge in [-0.2, -0.15) is 0 Å². The fraction of sp³-hybridized carbons (Fsp3) is 0.364. The van der Waals surface area contributed by atoms with Crippen molar-refractivity contribution in [1.29, 1.82) is 0 Å². The van der Waals surface area contributed by atoms with Crippen molar-refractivity contribution in [3.05, 3.63) is 35.6 Å². The van der Waals surface area contributed by atoms with E-state index in [9.17, 15) is 4.79 Å². The molecular formula is C11H12O2. The van der Waals surface area contributed by atoms with Gasteiger partial charge in [0.25, 0.3) is 0 Å². The van der Waals surface area contributed by atoms with Crippen molar-refractivity contribution in [2.24, 2.45) is 5.92 Å². The van der Waals surface area contributed by atoms with E-state index in [0.29, 0.717) is 0 Å². The number of hydrogen-bond donors (Lipinski definition) is 0. The summed E-state index contributed by atoms with van der Waals surface area (Å²) in [6.07, 6.45) is 9.95. The van der Waals surface area contributed by atoms with Crippen LogP contribution in [-0.4, -0.2) is 5.97 Å². The van der Waals surface area contributed by atoms with Gasteiger partial charge in [0.05, 0.1) is 0 Å². The predicted molar refractivity (Wildman–Crippen MR) is 49.8 cm³/mol. The highest BCUT2D eigenvalue weighted by atomic mass is 16.5. The van der Waals surface area contributed by atoms with E-state index in [-0.39, 0.29) is 11.9 Å². The van der Waals surface area contributed by atoms with Crippen LogP contribution in [0.15, 0.2) is 35.6 Å². The molecule has 1 heterocycles. The molecule has 2 heteroatoms. The van der Waals surface area contributed by atoms with Gasteiger partial charge in [-0.15, -0.1) is 0 Å². The summed E-state index contributed by atoms with van der Waals surface area (Å²) < 4.78 is 5.03. The van der Waals surface area contributed by atoms with E-state index in [1.807, 2.05) is 25.2 Å². The molecule has 0 spiro atoms. The molecule has 0 bridgehead atoms. The second-order valence-electron chi connectivity index (χ2n) is 3.40. The zero-order chi connectivity index (χ0) is 9.26. The Bertz CT molecular complexity index is 321. The van der Waals surface area contributed by atoms with E-state index < -0.39 is 0 Å². The van der Waals surface area contributed by atoms with Gasteiger partial charge in [-0.25, -0.2) is 4.79 Å². The first-order valence-electron chi connectivity index (χ1n) is 4.54. The van der Waals surface area contributed by atoms with Crippen molar-refractivity contribution in [3.63, 3.8) is 0 Å². The molecule has 0 radical (unpaired) electrons. The molecule has 0 saturated carbocycles. The van der Waals surface area contributed by atoms with E-state index in [1.165, 1.54) is 0 Å². The van der Waals surface area contributed by atoms with Gasteiger partial charge in [-0.3, -0.25) is 0 Å². The SMILES string of the molecule is CC1=CC2CCC=CC=C2C(=O)O1. The summed E-state index contributed by atoms with van der Waals surface area (Å²) in [4.78, 5) is 11.4. The van der Waals surface area contributed by atoms with Crippen LogP contribution in [0.2, 0.25) is 0 Å². The first kappa shape index (κ1) is 8.30. The molecule has 2 rings (SSSR count). The van der Waals surface area contributed by atoms with Gasteiger partial charge in [0.15, 0.2) is 0 Å². The average Bonchev–Trinajstić information content (AvgIpc) is 2.28. The second kappa shape index (κ2) is 3.21. The number of esters is 1. The molecule has 1 atom stereocenters. The number of carbonyl (C=O) groups excluding carboxylic acids is 1. The van der Waals surface area contributed by atoms with Crippen LogP contribution in [0, 0.1) is 5.92 Å². The Morgan fingerprint density at radius 3 is 3.23 bits per heavy atom. The van der Waals surface area contributed by atoms with Crippen LogP contribution in [0.25, 0.3) is 0 Å². The third-order valence-electron chi connectivity index (χ3n) is 2.38. The third kappa shape index (κ3) is 1.57. The van der Waals surface area contributed by atoms with Crippen LogP contribution in [0.4, 0.5) is 0 Å². The van der Waals surface area contributed by atoms with Crippen LogP contribution < -0.4 is 0 Å². The monoisotopic (exact) mass is 176 g/mol. The number of rotatable bonds is 0. The number of allylic oxidation sites excluding steroid dienone is 5. The lowest BCUT2D eigenvalue weighted by Gasteiger charge is -2.20. The molecule has 1 aliphatic heterocycles. The zero-order valence-electron chi connectivity index (χ0n) is 7.62. The normalized spacial score (nSPS) is 26.8. The molecule has 68 valence electrons. The number of hydrogen-bond acceptors (Lipinski definition) is 2. The maximum Gasteiger partial charge on any atom is 0.339 e. The molecule has 2 aliphatic rings. The first-order valence-corrected chi connectivity index (χ1v) is 4.54. The van der Waals surface area contributed by atoms with Crippen LogP contribution in [-0.2, 0) is 9.53 Å². The quantitative estimate of drug-likeness (QED) is 0.529. The molecule has 1 unspecified atom stereocenters. The Hall–Kier alpha value is -1.31. The highest BCUT2D eigenvalue weighted by Gasteiger charge is 2.25. The van der Waals surface area contributed by atoms with Crippen molar-refractivity contribution < 1.29 is 9.53 Å². The predicted octanol–water partition coefficient (Wildman–Crippen LogP) is 2.34. The molecule has 1 aliphatic carbocycles. The summed E-state index contributed by atoms with van der Waals surface area (Å²) in [5, 5.41) is 0. The Morgan fingerprint density at radius 2 is 2.38 bits per heavy atom.